The number of benzene rings is 1. The Bertz CT molecular complexity index is 350. The Morgan fingerprint density at radius 1 is 1.33 bits per heavy atom. The summed E-state index contributed by atoms with van der Waals surface area (Å²) in [6.07, 6.45) is 0. The second-order valence-corrected chi connectivity index (χ2v) is 5.67. The average molecular weight is 269 g/mol. The van der Waals surface area contributed by atoms with Crippen LogP contribution in [0.1, 0.15) is 26.3 Å². The monoisotopic (exact) mass is 268 g/mol. The van der Waals surface area contributed by atoms with E-state index < -0.39 is 0 Å². The summed E-state index contributed by atoms with van der Waals surface area (Å²) in [6, 6.07) is 8.13. The van der Waals surface area contributed by atoms with Crippen molar-refractivity contribution in [1.29, 1.82) is 0 Å². The molecule has 0 unspecified atom stereocenters. The van der Waals surface area contributed by atoms with Gasteiger partial charge in [-0.25, -0.2) is 0 Å². The van der Waals surface area contributed by atoms with Crippen molar-refractivity contribution < 1.29 is 4.74 Å². The molecule has 0 bridgehead atoms. The third-order valence-electron chi connectivity index (χ3n) is 2.08. The number of rotatable bonds is 3. The predicted molar refractivity (Wildman–Crippen MR) is 68.7 cm³/mol. The molecule has 0 heterocycles. The van der Waals surface area contributed by atoms with Gasteiger partial charge in [-0.2, -0.15) is 0 Å². The maximum atomic E-state index is 5.68. The van der Waals surface area contributed by atoms with Gasteiger partial charge in [-0.15, -0.1) is 0 Å². The predicted octanol–water partition coefficient (Wildman–Crippen LogP) is 4.27. The summed E-state index contributed by atoms with van der Waals surface area (Å²) in [4.78, 5) is 0. The van der Waals surface area contributed by atoms with Crippen molar-refractivity contribution in [2.45, 2.75) is 26.2 Å². The summed E-state index contributed by atoms with van der Waals surface area (Å²) in [6.45, 7) is 10.8. The van der Waals surface area contributed by atoms with Crippen LogP contribution in [0.3, 0.4) is 0 Å². The van der Waals surface area contributed by atoms with Gasteiger partial charge in [-0.3, -0.25) is 0 Å². The van der Waals surface area contributed by atoms with E-state index >= 15 is 0 Å². The molecule has 1 rings (SSSR count). The number of ether oxygens (including phenoxy) is 1. The summed E-state index contributed by atoms with van der Waals surface area (Å²) in [5.41, 5.74) is 1.32. The smallest absolute Gasteiger partial charge is 0.123 e. The quantitative estimate of drug-likeness (QED) is 0.796. The summed E-state index contributed by atoms with van der Waals surface area (Å²) in [5.74, 6) is 0.936. The van der Waals surface area contributed by atoms with Crippen LogP contribution in [0.2, 0.25) is 0 Å². The molecule has 0 spiro atoms. The molecule has 1 aromatic rings. The summed E-state index contributed by atoms with van der Waals surface area (Å²) in [7, 11) is 0. The highest BCUT2D eigenvalue weighted by atomic mass is 79.9. The highest BCUT2D eigenvalue weighted by molar-refractivity contribution is 9.11. The van der Waals surface area contributed by atoms with Crippen LogP contribution in [0.4, 0.5) is 0 Å². The van der Waals surface area contributed by atoms with E-state index in [1.807, 2.05) is 18.2 Å². The zero-order valence-electron chi connectivity index (χ0n) is 9.51. The number of hydrogen-bond donors (Lipinski definition) is 0. The van der Waals surface area contributed by atoms with Crippen molar-refractivity contribution in [2.24, 2.45) is 0 Å². The van der Waals surface area contributed by atoms with Crippen molar-refractivity contribution in [1.82, 2.24) is 0 Å². The topological polar surface area (TPSA) is 9.23 Å². The van der Waals surface area contributed by atoms with Crippen molar-refractivity contribution in [3.63, 3.8) is 0 Å². The third kappa shape index (κ3) is 3.71. The molecule has 1 nitrogen and oxygen atoms in total. The lowest BCUT2D eigenvalue weighted by Crippen LogP contribution is -2.13. The molecular formula is C13H17BrO. The van der Waals surface area contributed by atoms with Crippen LogP contribution in [-0.2, 0) is 5.41 Å². The highest BCUT2D eigenvalue weighted by Crippen LogP contribution is 2.31. The molecule has 0 N–H and O–H groups in total. The van der Waals surface area contributed by atoms with Gasteiger partial charge in [-0.1, -0.05) is 61.5 Å². The molecule has 0 aliphatic heterocycles. The molecule has 82 valence electrons. The minimum Gasteiger partial charge on any atom is -0.488 e. The molecule has 0 aliphatic carbocycles. The summed E-state index contributed by atoms with van der Waals surface area (Å²) in [5, 5.41) is 0. The highest BCUT2D eigenvalue weighted by Gasteiger charge is 2.18. The first-order chi connectivity index (χ1) is 6.91. The second-order valence-electron chi connectivity index (χ2n) is 4.55. The minimum atomic E-state index is 0.101. The number of hydrogen-bond acceptors (Lipinski definition) is 1. The van der Waals surface area contributed by atoms with E-state index in [0.717, 1.165) is 10.2 Å². The fourth-order valence-electron chi connectivity index (χ4n) is 1.37. The molecule has 2 heteroatoms. The molecule has 0 aliphatic rings. The minimum absolute atomic E-state index is 0.101. The Kier molecular flexibility index (Phi) is 3.97. The first-order valence-electron chi connectivity index (χ1n) is 4.97. The van der Waals surface area contributed by atoms with Gasteiger partial charge in [0.05, 0.1) is 0 Å². The largest absolute Gasteiger partial charge is 0.488 e. The van der Waals surface area contributed by atoms with Gasteiger partial charge in [-0.05, 0) is 17.0 Å². The van der Waals surface area contributed by atoms with E-state index in [1.54, 1.807) is 0 Å². The maximum Gasteiger partial charge on any atom is 0.123 e. The first-order valence-corrected chi connectivity index (χ1v) is 5.76. The SMILES string of the molecule is C=C(Br)COc1ccccc1C(C)(C)C. The molecule has 15 heavy (non-hydrogen) atoms. The fraction of sp³-hybridized carbons (Fsp3) is 0.385. The van der Waals surface area contributed by atoms with Crippen LogP contribution in [0.25, 0.3) is 0 Å². The summed E-state index contributed by atoms with van der Waals surface area (Å²) >= 11 is 3.29. The van der Waals surface area contributed by atoms with Crippen molar-refractivity contribution in [2.75, 3.05) is 6.61 Å². The van der Waals surface area contributed by atoms with Gasteiger partial charge in [0, 0.05) is 4.48 Å². The Morgan fingerprint density at radius 2 is 1.93 bits per heavy atom. The van der Waals surface area contributed by atoms with Gasteiger partial charge in [0.1, 0.15) is 12.4 Å². The zero-order chi connectivity index (χ0) is 11.5. The third-order valence-corrected chi connectivity index (χ3v) is 2.31. The standard InChI is InChI=1S/C13H17BrO/c1-10(14)9-15-12-8-6-5-7-11(12)13(2,3)4/h5-8H,1,9H2,2-4H3. The van der Waals surface area contributed by atoms with E-state index in [0.29, 0.717) is 6.61 Å². The van der Waals surface area contributed by atoms with E-state index in [-0.39, 0.29) is 5.41 Å². The van der Waals surface area contributed by atoms with Gasteiger partial charge < -0.3 is 4.74 Å². The number of halogens is 1. The van der Waals surface area contributed by atoms with Crippen LogP contribution in [-0.4, -0.2) is 6.61 Å². The lowest BCUT2D eigenvalue weighted by molar-refractivity contribution is 0.349. The van der Waals surface area contributed by atoms with Gasteiger partial charge in [0.25, 0.3) is 0 Å². The molecule has 1 aromatic carbocycles. The van der Waals surface area contributed by atoms with E-state index in [2.05, 4.69) is 49.3 Å². The lowest BCUT2D eigenvalue weighted by atomic mass is 9.86. The molecule has 0 atom stereocenters. The maximum absolute atomic E-state index is 5.68. The number of para-hydroxylation sites is 1. The molecule has 0 amide bonds. The van der Waals surface area contributed by atoms with E-state index in [4.69, 9.17) is 4.74 Å². The molecule has 0 radical (unpaired) electrons. The lowest BCUT2D eigenvalue weighted by Gasteiger charge is -2.22. The van der Waals surface area contributed by atoms with Crippen LogP contribution in [0.5, 0.6) is 5.75 Å². The van der Waals surface area contributed by atoms with Gasteiger partial charge >= 0.3 is 0 Å². The average Bonchev–Trinajstić information content (AvgIpc) is 2.13. The molecule has 0 saturated heterocycles. The van der Waals surface area contributed by atoms with Gasteiger partial charge in [0.15, 0.2) is 0 Å². The first kappa shape index (κ1) is 12.3. The van der Waals surface area contributed by atoms with Gasteiger partial charge in [0.2, 0.25) is 0 Å². The molecule has 0 aromatic heterocycles. The van der Waals surface area contributed by atoms with Crippen LogP contribution in [0.15, 0.2) is 35.3 Å². The molecule has 0 fully saturated rings. The zero-order valence-corrected chi connectivity index (χ0v) is 11.1. The van der Waals surface area contributed by atoms with Crippen molar-refractivity contribution in [3.05, 3.63) is 40.9 Å². The Hall–Kier alpha value is -0.760. The summed E-state index contributed by atoms with van der Waals surface area (Å²) < 4.78 is 6.53. The normalized spacial score (nSPS) is 11.2. The fourth-order valence-corrected chi connectivity index (χ4v) is 1.48. The Morgan fingerprint density at radius 3 is 2.47 bits per heavy atom. The Labute approximate surface area is 100 Å². The second kappa shape index (κ2) is 4.84. The van der Waals surface area contributed by atoms with E-state index in [1.165, 1.54) is 5.56 Å². The van der Waals surface area contributed by atoms with E-state index in [9.17, 15) is 0 Å². The van der Waals surface area contributed by atoms with Crippen LogP contribution < -0.4 is 4.74 Å². The molecule has 0 saturated carbocycles. The molecular weight excluding hydrogens is 252 g/mol. The Balaban J connectivity index is 2.92. The van der Waals surface area contributed by atoms with Crippen molar-refractivity contribution >= 4 is 15.9 Å². The van der Waals surface area contributed by atoms with Crippen molar-refractivity contribution in [3.8, 4) is 5.75 Å². The van der Waals surface area contributed by atoms with Crippen LogP contribution in [0, 0.1) is 0 Å². The van der Waals surface area contributed by atoms with Crippen LogP contribution >= 0.6 is 15.9 Å².